The lowest BCUT2D eigenvalue weighted by atomic mass is 10.1. The van der Waals surface area contributed by atoms with Crippen LogP contribution in [-0.4, -0.2) is 29.0 Å². The van der Waals surface area contributed by atoms with Gasteiger partial charge >= 0.3 is 0 Å². The molecular formula is C16H17ClN3O2S-. The smallest absolute Gasteiger partial charge is 0.191 e. The highest BCUT2D eigenvalue weighted by molar-refractivity contribution is 7.98. The maximum Gasteiger partial charge on any atom is 0.191 e. The van der Waals surface area contributed by atoms with Crippen LogP contribution in [0.15, 0.2) is 35.5 Å². The average molecular weight is 351 g/mol. The van der Waals surface area contributed by atoms with Crippen LogP contribution in [-0.2, 0) is 5.75 Å². The second-order valence-electron chi connectivity index (χ2n) is 4.78. The van der Waals surface area contributed by atoms with Gasteiger partial charge in [0, 0.05) is 24.9 Å². The number of nitrogens with zero attached hydrogens (tertiary/aromatic N) is 3. The Hall–Kier alpha value is -1.79. The minimum atomic E-state index is -1.18. The third-order valence-electron chi connectivity index (χ3n) is 3.28. The number of benzene rings is 1. The highest BCUT2D eigenvalue weighted by atomic mass is 35.5. The molecule has 23 heavy (non-hydrogen) atoms. The molecule has 0 fully saturated rings. The van der Waals surface area contributed by atoms with E-state index in [1.54, 1.807) is 18.2 Å². The Morgan fingerprint density at radius 2 is 2.00 bits per heavy atom. The molecule has 1 aromatic carbocycles. The monoisotopic (exact) mass is 350 g/mol. The second-order valence-corrected chi connectivity index (χ2v) is 6.11. The molecule has 0 unspecified atom stereocenters. The number of rotatable bonds is 7. The lowest BCUT2D eigenvalue weighted by Gasteiger charge is -2.20. The van der Waals surface area contributed by atoms with E-state index in [4.69, 9.17) is 11.6 Å². The van der Waals surface area contributed by atoms with Crippen molar-refractivity contribution in [2.24, 2.45) is 0 Å². The van der Waals surface area contributed by atoms with Crippen LogP contribution in [0.1, 0.15) is 29.8 Å². The van der Waals surface area contributed by atoms with E-state index in [0.717, 1.165) is 24.5 Å². The van der Waals surface area contributed by atoms with Crippen molar-refractivity contribution >= 4 is 35.1 Å². The molecule has 2 rings (SSSR count). The SMILES string of the molecule is CCN(CC)c1cc(Cl)nc(SCc2cccc(C(=O)[O-])c2)n1. The first kappa shape index (κ1) is 17.6. The summed E-state index contributed by atoms with van der Waals surface area (Å²) in [6.45, 7) is 5.78. The van der Waals surface area contributed by atoms with Crippen LogP contribution in [0.25, 0.3) is 0 Å². The summed E-state index contributed by atoms with van der Waals surface area (Å²) in [4.78, 5) is 21.7. The molecule has 7 heteroatoms. The fourth-order valence-electron chi connectivity index (χ4n) is 2.10. The number of carboxylic acids is 1. The summed E-state index contributed by atoms with van der Waals surface area (Å²) in [7, 11) is 0. The molecule has 1 aromatic heterocycles. The van der Waals surface area contributed by atoms with Gasteiger partial charge in [0.25, 0.3) is 0 Å². The minimum absolute atomic E-state index is 0.166. The third-order valence-corrected chi connectivity index (χ3v) is 4.39. The van der Waals surface area contributed by atoms with Gasteiger partial charge in [-0.05, 0) is 31.0 Å². The summed E-state index contributed by atoms with van der Waals surface area (Å²) in [6, 6.07) is 8.40. The van der Waals surface area contributed by atoms with Crippen LogP contribution in [0.2, 0.25) is 5.15 Å². The first-order chi connectivity index (χ1) is 11.0. The summed E-state index contributed by atoms with van der Waals surface area (Å²) in [5.74, 6) is 0.166. The van der Waals surface area contributed by atoms with Gasteiger partial charge in [-0.3, -0.25) is 0 Å². The molecule has 0 spiro atoms. The van der Waals surface area contributed by atoms with Crippen LogP contribution in [0, 0.1) is 0 Å². The van der Waals surface area contributed by atoms with Gasteiger partial charge in [-0.15, -0.1) is 0 Å². The third kappa shape index (κ3) is 4.84. The second kappa shape index (κ2) is 8.17. The minimum Gasteiger partial charge on any atom is -0.545 e. The number of halogens is 1. The molecule has 0 amide bonds. The first-order valence-corrected chi connectivity index (χ1v) is 8.62. The summed E-state index contributed by atoms with van der Waals surface area (Å²) >= 11 is 7.49. The first-order valence-electron chi connectivity index (χ1n) is 7.26. The maximum atomic E-state index is 10.9. The Labute approximate surface area is 144 Å². The lowest BCUT2D eigenvalue weighted by Crippen LogP contribution is -2.23. The number of aromatic nitrogens is 2. The topological polar surface area (TPSA) is 69.2 Å². The number of hydrogen-bond donors (Lipinski definition) is 0. The van der Waals surface area contributed by atoms with Crippen LogP contribution < -0.4 is 10.0 Å². The van der Waals surface area contributed by atoms with Gasteiger partial charge in [0.2, 0.25) is 0 Å². The molecule has 122 valence electrons. The Morgan fingerprint density at radius 1 is 1.26 bits per heavy atom. The molecule has 0 saturated carbocycles. The number of carboxylic acid groups (broad SMARTS) is 1. The summed E-state index contributed by atoms with van der Waals surface area (Å²) in [5.41, 5.74) is 1.03. The molecule has 5 nitrogen and oxygen atoms in total. The van der Waals surface area contributed by atoms with Gasteiger partial charge in [-0.1, -0.05) is 41.6 Å². The molecule has 0 aliphatic carbocycles. The van der Waals surface area contributed by atoms with E-state index >= 15 is 0 Å². The van der Waals surface area contributed by atoms with Crippen LogP contribution >= 0.6 is 23.4 Å². The van der Waals surface area contributed by atoms with E-state index in [0.29, 0.717) is 16.1 Å². The van der Waals surface area contributed by atoms with Crippen molar-refractivity contribution in [2.75, 3.05) is 18.0 Å². The predicted octanol–water partition coefficient (Wildman–Crippen LogP) is 2.63. The van der Waals surface area contributed by atoms with Crippen molar-refractivity contribution in [3.05, 3.63) is 46.6 Å². The quantitative estimate of drug-likeness (QED) is 0.434. The number of aromatic carboxylic acids is 1. The van der Waals surface area contributed by atoms with E-state index < -0.39 is 5.97 Å². The van der Waals surface area contributed by atoms with Crippen LogP contribution in [0.5, 0.6) is 0 Å². The molecule has 2 aromatic rings. The molecule has 0 radical (unpaired) electrons. The largest absolute Gasteiger partial charge is 0.545 e. The van der Waals surface area contributed by atoms with Gasteiger partial charge < -0.3 is 14.8 Å². The Morgan fingerprint density at radius 3 is 2.65 bits per heavy atom. The van der Waals surface area contributed by atoms with E-state index in [1.807, 2.05) is 6.07 Å². The molecule has 0 N–H and O–H groups in total. The van der Waals surface area contributed by atoms with Gasteiger partial charge in [0.05, 0.1) is 5.97 Å². The normalized spacial score (nSPS) is 10.6. The molecule has 0 aliphatic heterocycles. The number of hydrogen-bond acceptors (Lipinski definition) is 6. The highest BCUT2D eigenvalue weighted by Crippen LogP contribution is 2.24. The van der Waals surface area contributed by atoms with E-state index in [-0.39, 0.29) is 5.56 Å². The zero-order valence-electron chi connectivity index (χ0n) is 13.0. The molecule has 0 saturated heterocycles. The zero-order valence-corrected chi connectivity index (χ0v) is 14.5. The zero-order chi connectivity index (χ0) is 16.8. The van der Waals surface area contributed by atoms with Crippen LogP contribution in [0.3, 0.4) is 0 Å². The molecule has 1 heterocycles. The van der Waals surface area contributed by atoms with Crippen molar-refractivity contribution in [1.82, 2.24) is 9.97 Å². The Balaban J connectivity index is 2.14. The maximum absolute atomic E-state index is 10.9. The number of carbonyl (C=O) groups is 1. The van der Waals surface area contributed by atoms with E-state index in [1.165, 1.54) is 17.8 Å². The van der Waals surface area contributed by atoms with Gasteiger partial charge in [0.15, 0.2) is 5.16 Å². The number of carbonyl (C=O) groups excluding carboxylic acids is 1. The van der Waals surface area contributed by atoms with Gasteiger partial charge in [0.1, 0.15) is 11.0 Å². The molecule has 0 aliphatic rings. The van der Waals surface area contributed by atoms with Gasteiger partial charge in [-0.25, -0.2) is 9.97 Å². The fourth-order valence-corrected chi connectivity index (χ4v) is 3.12. The molecule has 0 atom stereocenters. The van der Waals surface area contributed by atoms with Crippen molar-refractivity contribution in [2.45, 2.75) is 24.8 Å². The summed E-state index contributed by atoms with van der Waals surface area (Å²) in [5, 5.41) is 11.9. The van der Waals surface area contributed by atoms with Crippen molar-refractivity contribution in [3.63, 3.8) is 0 Å². The molecule has 0 bridgehead atoms. The number of anilines is 1. The van der Waals surface area contributed by atoms with E-state index in [2.05, 4.69) is 28.7 Å². The highest BCUT2D eigenvalue weighted by Gasteiger charge is 2.09. The Kier molecular flexibility index (Phi) is 6.24. The average Bonchev–Trinajstić information content (AvgIpc) is 2.54. The standard InChI is InChI=1S/C16H18ClN3O2S/c1-3-20(4-2)14-9-13(17)18-16(19-14)23-10-11-6-5-7-12(8-11)15(21)22/h5-9H,3-4,10H2,1-2H3,(H,21,22)/p-1. The van der Waals surface area contributed by atoms with E-state index in [9.17, 15) is 9.90 Å². The van der Waals surface area contributed by atoms with Crippen molar-refractivity contribution < 1.29 is 9.90 Å². The van der Waals surface area contributed by atoms with Crippen molar-refractivity contribution in [3.8, 4) is 0 Å². The van der Waals surface area contributed by atoms with Crippen LogP contribution in [0.4, 0.5) is 5.82 Å². The van der Waals surface area contributed by atoms with Crippen molar-refractivity contribution in [1.29, 1.82) is 0 Å². The lowest BCUT2D eigenvalue weighted by molar-refractivity contribution is -0.255. The predicted molar refractivity (Wildman–Crippen MR) is 90.9 cm³/mol. The summed E-state index contributed by atoms with van der Waals surface area (Å²) in [6.07, 6.45) is 0. The Bertz CT molecular complexity index is 693. The fraction of sp³-hybridized carbons (Fsp3) is 0.312. The molecular weight excluding hydrogens is 334 g/mol. The number of thioether (sulfide) groups is 1. The van der Waals surface area contributed by atoms with Gasteiger partial charge in [-0.2, -0.15) is 0 Å². The summed E-state index contributed by atoms with van der Waals surface area (Å²) < 4.78 is 0.